The lowest BCUT2D eigenvalue weighted by molar-refractivity contribution is -0.183. The van der Waals surface area contributed by atoms with E-state index in [0.717, 1.165) is 12.0 Å². The predicted octanol–water partition coefficient (Wildman–Crippen LogP) is 2.00. The van der Waals surface area contributed by atoms with Gasteiger partial charge in [0.05, 0.1) is 6.10 Å². The molecular formula is C25H34O7. The van der Waals surface area contributed by atoms with Crippen LogP contribution in [0.4, 0.5) is 0 Å². The molecule has 4 aliphatic carbocycles. The molecule has 0 saturated heterocycles. The third-order valence-electron chi connectivity index (χ3n) is 9.06. The van der Waals surface area contributed by atoms with Crippen LogP contribution in [-0.2, 0) is 23.9 Å². The highest BCUT2D eigenvalue weighted by Gasteiger charge is 2.68. The van der Waals surface area contributed by atoms with E-state index in [2.05, 4.69) is 13.8 Å². The van der Waals surface area contributed by atoms with Crippen molar-refractivity contribution in [3.8, 4) is 0 Å². The van der Waals surface area contributed by atoms with Crippen LogP contribution in [0.2, 0.25) is 0 Å². The lowest BCUT2D eigenvalue weighted by atomic mass is 9.45. The van der Waals surface area contributed by atoms with Gasteiger partial charge >= 0.3 is 5.97 Å². The summed E-state index contributed by atoms with van der Waals surface area (Å²) < 4.78 is 9.73. The summed E-state index contributed by atoms with van der Waals surface area (Å²) in [6, 6.07) is 0. The minimum absolute atomic E-state index is 0.0122. The van der Waals surface area contributed by atoms with Crippen molar-refractivity contribution in [3.63, 3.8) is 0 Å². The number of carbonyl (C=O) groups excluding carboxylic acids is 3. The SMILES string of the molecule is COCC(=O)OCC(=O)[C@@]1(O)CC[C@H]2[C@@H]3CC(C)C4=CC(=O)C=C[C@]4(C)[C@H]3C(O)C[C@@]21C. The monoisotopic (exact) mass is 446 g/mol. The Labute approximate surface area is 188 Å². The maximum absolute atomic E-state index is 13.1. The maximum Gasteiger partial charge on any atom is 0.332 e. The van der Waals surface area contributed by atoms with Gasteiger partial charge in [-0.15, -0.1) is 0 Å². The Morgan fingerprint density at radius 1 is 1.25 bits per heavy atom. The van der Waals surface area contributed by atoms with E-state index in [1.165, 1.54) is 7.11 Å². The number of ketones is 2. The average molecular weight is 447 g/mol. The van der Waals surface area contributed by atoms with Crippen molar-refractivity contribution in [1.82, 2.24) is 0 Å². The fourth-order valence-electron chi connectivity index (χ4n) is 7.64. The van der Waals surface area contributed by atoms with E-state index in [4.69, 9.17) is 9.47 Å². The normalized spacial score (nSPS) is 44.9. The Kier molecular flexibility index (Phi) is 5.75. The van der Waals surface area contributed by atoms with Crippen molar-refractivity contribution in [3.05, 3.63) is 23.8 Å². The molecule has 32 heavy (non-hydrogen) atoms. The first-order chi connectivity index (χ1) is 15.0. The van der Waals surface area contributed by atoms with Crippen molar-refractivity contribution in [2.75, 3.05) is 20.3 Å². The first-order valence-corrected chi connectivity index (χ1v) is 11.5. The Hall–Kier alpha value is -1.83. The number of hydrogen-bond donors (Lipinski definition) is 2. The van der Waals surface area contributed by atoms with Gasteiger partial charge in [-0.2, -0.15) is 0 Å². The molecule has 0 spiro atoms. The molecule has 0 heterocycles. The van der Waals surface area contributed by atoms with Gasteiger partial charge in [-0.3, -0.25) is 9.59 Å². The molecule has 176 valence electrons. The second-order valence-electron chi connectivity index (χ2n) is 10.7. The van der Waals surface area contributed by atoms with Crippen molar-refractivity contribution < 1.29 is 34.1 Å². The second-order valence-corrected chi connectivity index (χ2v) is 10.7. The molecule has 0 aromatic rings. The molecule has 0 amide bonds. The second kappa shape index (κ2) is 7.89. The number of esters is 1. The van der Waals surface area contributed by atoms with Crippen molar-refractivity contribution in [1.29, 1.82) is 0 Å². The zero-order valence-electron chi connectivity index (χ0n) is 19.3. The third kappa shape index (κ3) is 3.24. The van der Waals surface area contributed by atoms with E-state index in [9.17, 15) is 24.6 Å². The number of hydrogen-bond acceptors (Lipinski definition) is 7. The minimum Gasteiger partial charge on any atom is -0.456 e. The summed E-state index contributed by atoms with van der Waals surface area (Å²) in [6.45, 7) is 5.36. The third-order valence-corrected chi connectivity index (χ3v) is 9.06. The molecule has 7 nitrogen and oxygen atoms in total. The molecule has 7 heteroatoms. The summed E-state index contributed by atoms with van der Waals surface area (Å²) in [5, 5.41) is 23.0. The molecule has 2 unspecified atom stereocenters. The molecule has 4 aliphatic rings. The Bertz CT molecular complexity index is 891. The molecule has 3 saturated carbocycles. The molecule has 4 rings (SSSR count). The average Bonchev–Trinajstić information content (AvgIpc) is 2.99. The topological polar surface area (TPSA) is 110 Å². The lowest BCUT2D eigenvalue weighted by Gasteiger charge is -2.60. The first-order valence-electron chi connectivity index (χ1n) is 11.5. The first kappa shape index (κ1) is 23.3. The van der Waals surface area contributed by atoms with Crippen LogP contribution in [0.15, 0.2) is 23.8 Å². The molecule has 0 aromatic carbocycles. The Morgan fingerprint density at radius 2 is 1.97 bits per heavy atom. The van der Waals surface area contributed by atoms with Gasteiger partial charge in [0.2, 0.25) is 5.78 Å². The lowest BCUT2D eigenvalue weighted by Crippen LogP contribution is -2.62. The molecule has 0 aromatic heterocycles. The summed E-state index contributed by atoms with van der Waals surface area (Å²) in [7, 11) is 1.36. The Balaban J connectivity index is 1.63. The summed E-state index contributed by atoms with van der Waals surface area (Å²) in [5.74, 6) is -0.936. The van der Waals surface area contributed by atoms with Crippen LogP contribution < -0.4 is 0 Å². The highest BCUT2D eigenvalue weighted by molar-refractivity contribution is 6.01. The minimum atomic E-state index is -1.66. The maximum atomic E-state index is 13.1. The summed E-state index contributed by atoms with van der Waals surface area (Å²) >= 11 is 0. The van der Waals surface area contributed by atoms with Gasteiger partial charge in [-0.05, 0) is 55.6 Å². The number of aliphatic hydroxyl groups is 2. The standard InChI is InChI=1S/C25H34O7/c1-14-9-16-17-6-8-25(30,20(28)12-32-21(29)13-31-4)24(17,3)11-19(27)22(16)23(2)7-5-15(26)10-18(14)23/h5,7,10,14,16-17,19,22,27,30H,6,8-9,11-13H2,1-4H3/t14?,16-,17-,19?,22+,23-,24-,25-/m0/s1. The van der Waals surface area contributed by atoms with Crippen LogP contribution in [0.5, 0.6) is 0 Å². The van der Waals surface area contributed by atoms with E-state index < -0.39 is 40.9 Å². The number of methoxy groups -OCH3 is 1. The van der Waals surface area contributed by atoms with Gasteiger partial charge in [0, 0.05) is 23.9 Å². The zero-order chi connectivity index (χ0) is 23.5. The van der Waals surface area contributed by atoms with Crippen molar-refractivity contribution >= 4 is 17.5 Å². The predicted molar refractivity (Wildman–Crippen MR) is 115 cm³/mol. The molecule has 8 atom stereocenters. The quantitative estimate of drug-likeness (QED) is 0.622. The van der Waals surface area contributed by atoms with Crippen LogP contribution in [-0.4, -0.2) is 59.8 Å². The number of aliphatic hydroxyl groups excluding tert-OH is 1. The van der Waals surface area contributed by atoms with Crippen molar-refractivity contribution in [2.24, 2.45) is 34.5 Å². The molecule has 0 bridgehead atoms. The number of Topliss-reactive ketones (excluding diaryl/α,β-unsaturated/α-hetero) is 1. The number of allylic oxidation sites excluding steroid dienone is 4. The fourth-order valence-corrected chi connectivity index (χ4v) is 7.64. The van der Waals surface area contributed by atoms with Crippen LogP contribution in [0.3, 0.4) is 0 Å². The number of fused-ring (bicyclic) bond motifs is 5. The fraction of sp³-hybridized carbons (Fsp3) is 0.720. The highest BCUT2D eigenvalue weighted by atomic mass is 16.6. The van der Waals surface area contributed by atoms with Crippen LogP contribution in [0.1, 0.15) is 46.5 Å². The number of ether oxygens (including phenoxy) is 2. The van der Waals surface area contributed by atoms with Crippen molar-refractivity contribution in [2.45, 2.75) is 58.2 Å². The van der Waals surface area contributed by atoms with Crippen LogP contribution in [0, 0.1) is 34.5 Å². The largest absolute Gasteiger partial charge is 0.456 e. The highest BCUT2D eigenvalue weighted by Crippen LogP contribution is 2.67. The Morgan fingerprint density at radius 3 is 2.66 bits per heavy atom. The molecule has 0 radical (unpaired) electrons. The van der Waals surface area contributed by atoms with E-state index in [-0.39, 0.29) is 48.9 Å². The van der Waals surface area contributed by atoms with E-state index in [1.54, 1.807) is 12.2 Å². The van der Waals surface area contributed by atoms with Gasteiger partial charge in [0.15, 0.2) is 12.4 Å². The van der Waals surface area contributed by atoms with E-state index in [1.807, 2.05) is 13.0 Å². The molecular weight excluding hydrogens is 412 g/mol. The molecule has 2 N–H and O–H groups in total. The van der Waals surface area contributed by atoms with Gasteiger partial charge < -0.3 is 19.7 Å². The zero-order valence-corrected chi connectivity index (χ0v) is 19.3. The summed E-state index contributed by atoms with van der Waals surface area (Å²) in [4.78, 5) is 36.8. The van der Waals surface area contributed by atoms with Gasteiger partial charge in [0.1, 0.15) is 12.2 Å². The van der Waals surface area contributed by atoms with Crippen LogP contribution in [0.25, 0.3) is 0 Å². The number of rotatable bonds is 5. The van der Waals surface area contributed by atoms with Gasteiger partial charge in [-0.25, -0.2) is 4.79 Å². The smallest absolute Gasteiger partial charge is 0.332 e. The van der Waals surface area contributed by atoms with Gasteiger partial charge in [-0.1, -0.05) is 32.4 Å². The number of carbonyl (C=O) groups is 3. The summed E-state index contributed by atoms with van der Waals surface area (Å²) in [5.41, 5.74) is -1.82. The van der Waals surface area contributed by atoms with E-state index in [0.29, 0.717) is 6.42 Å². The summed E-state index contributed by atoms with van der Waals surface area (Å²) in [6.07, 6.45) is 6.59. The van der Waals surface area contributed by atoms with E-state index >= 15 is 0 Å². The van der Waals surface area contributed by atoms with Gasteiger partial charge in [0.25, 0.3) is 0 Å². The molecule has 0 aliphatic heterocycles. The van der Waals surface area contributed by atoms with Crippen LogP contribution >= 0.6 is 0 Å². The molecule has 3 fully saturated rings.